The number of cyclic esters (lactones) is 1. The van der Waals surface area contributed by atoms with E-state index >= 15 is 0 Å². The predicted molar refractivity (Wildman–Crippen MR) is 209 cm³/mol. The number of primary amides is 2. The highest BCUT2D eigenvalue weighted by Gasteiger charge is 2.38. The normalized spacial score (nSPS) is 22.9. The SMILES string of the molecule is CC(C)C[C@@H]1NC(=O)[C@H](CC(N)=O)NC(=O)[C@H](CC(N)=O)NC(=O)[C@H](C(C)C)NC(=O)[C@@H](NC(=O)/C=C/CCCCCCc2ccc(O)c(Br)c2)[C@@H](C)OC1=O. The van der Waals surface area contributed by atoms with Crippen LogP contribution in [0.4, 0.5) is 0 Å². The van der Waals surface area contributed by atoms with Crippen LogP contribution in [0.3, 0.4) is 0 Å². The van der Waals surface area contributed by atoms with Gasteiger partial charge in [0.1, 0.15) is 42.1 Å². The van der Waals surface area contributed by atoms with Gasteiger partial charge < -0.3 is 47.9 Å². The molecule has 17 nitrogen and oxygen atoms in total. The first kappa shape index (κ1) is 47.2. The summed E-state index contributed by atoms with van der Waals surface area (Å²) in [4.78, 5) is 105. The zero-order chi connectivity index (χ0) is 42.1. The third kappa shape index (κ3) is 16.4. The fourth-order valence-corrected chi connectivity index (χ4v) is 6.29. The van der Waals surface area contributed by atoms with Crippen molar-refractivity contribution in [2.75, 3.05) is 0 Å². The molecule has 1 saturated heterocycles. The van der Waals surface area contributed by atoms with Gasteiger partial charge in [0.25, 0.3) is 0 Å². The second-order valence-corrected chi connectivity index (χ2v) is 15.5. The number of aryl methyl sites for hydroxylation is 1. The molecule has 1 aliphatic heterocycles. The molecule has 0 saturated carbocycles. The van der Waals surface area contributed by atoms with Crippen LogP contribution in [0.1, 0.15) is 91.5 Å². The maximum Gasteiger partial charge on any atom is 0.328 e. The van der Waals surface area contributed by atoms with E-state index in [0.29, 0.717) is 10.9 Å². The molecule has 1 aromatic carbocycles. The highest BCUT2D eigenvalue weighted by molar-refractivity contribution is 9.10. The number of esters is 1. The third-order valence-corrected chi connectivity index (χ3v) is 9.49. The fourth-order valence-electron chi connectivity index (χ4n) is 5.86. The number of hydrogen-bond donors (Lipinski definition) is 8. The van der Waals surface area contributed by atoms with Gasteiger partial charge in [-0.05, 0) is 90.6 Å². The number of amides is 7. The van der Waals surface area contributed by atoms with Gasteiger partial charge in [0, 0.05) is 0 Å². The number of rotatable bonds is 16. The molecule has 6 atom stereocenters. The highest BCUT2D eigenvalue weighted by Crippen LogP contribution is 2.25. The van der Waals surface area contributed by atoms with Crippen molar-refractivity contribution in [3.05, 3.63) is 40.4 Å². The van der Waals surface area contributed by atoms with E-state index in [0.717, 1.165) is 37.7 Å². The van der Waals surface area contributed by atoms with E-state index in [1.807, 2.05) is 12.1 Å². The number of nitrogens with one attached hydrogen (secondary N) is 5. The van der Waals surface area contributed by atoms with Gasteiger partial charge in [-0.1, -0.05) is 52.7 Å². The van der Waals surface area contributed by atoms with Gasteiger partial charge in [-0.25, -0.2) is 4.79 Å². The van der Waals surface area contributed by atoms with E-state index in [1.54, 1.807) is 39.8 Å². The van der Waals surface area contributed by atoms with Crippen molar-refractivity contribution < 1.29 is 48.2 Å². The third-order valence-electron chi connectivity index (χ3n) is 8.85. The number of carbonyl (C=O) groups excluding carboxylic acids is 8. The number of aromatic hydroxyl groups is 1. The van der Waals surface area contributed by atoms with Crippen LogP contribution in [0.15, 0.2) is 34.8 Å². The molecule has 0 aliphatic carbocycles. The van der Waals surface area contributed by atoms with Crippen molar-refractivity contribution in [1.82, 2.24) is 26.6 Å². The second kappa shape index (κ2) is 23.2. The Bertz CT molecular complexity index is 1620. The molecular weight excluding hydrogens is 794 g/mol. The molecule has 10 N–H and O–H groups in total. The molecule has 18 heteroatoms. The molecule has 7 amide bonds. The van der Waals surface area contributed by atoms with Gasteiger partial charge >= 0.3 is 5.97 Å². The summed E-state index contributed by atoms with van der Waals surface area (Å²) in [5.74, 6) is -8.03. The average Bonchev–Trinajstić information content (AvgIpc) is 3.09. The Morgan fingerprint density at radius 2 is 1.41 bits per heavy atom. The number of nitrogens with two attached hydrogens (primary N) is 2. The van der Waals surface area contributed by atoms with Crippen molar-refractivity contribution in [3.63, 3.8) is 0 Å². The lowest BCUT2D eigenvalue weighted by molar-refractivity contribution is -0.156. The van der Waals surface area contributed by atoms with Gasteiger partial charge in [-0.2, -0.15) is 0 Å². The van der Waals surface area contributed by atoms with Crippen molar-refractivity contribution in [1.29, 1.82) is 0 Å². The molecule has 1 aliphatic rings. The summed E-state index contributed by atoms with van der Waals surface area (Å²) in [5, 5.41) is 21.9. The summed E-state index contributed by atoms with van der Waals surface area (Å²) in [6.07, 6.45) is 5.25. The Kier molecular flexibility index (Phi) is 19.5. The lowest BCUT2D eigenvalue weighted by atomic mass is 10.0. The number of ether oxygens (including phenoxy) is 1. The van der Waals surface area contributed by atoms with Gasteiger partial charge in [-0.15, -0.1) is 0 Å². The van der Waals surface area contributed by atoms with Crippen molar-refractivity contribution in [2.24, 2.45) is 23.3 Å². The first-order chi connectivity index (χ1) is 26.3. The van der Waals surface area contributed by atoms with Crippen LogP contribution in [0.25, 0.3) is 0 Å². The number of halogens is 1. The van der Waals surface area contributed by atoms with E-state index in [1.165, 1.54) is 13.0 Å². The van der Waals surface area contributed by atoms with Gasteiger partial charge in [0.05, 0.1) is 17.3 Å². The number of hydrogen-bond acceptors (Lipinski definition) is 10. The molecule has 0 bridgehead atoms. The average molecular weight is 851 g/mol. The lowest BCUT2D eigenvalue weighted by Crippen LogP contribution is -2.62. The summed E-state index contributed by atoms with van der Waals surface area (Å²) < 4.78 is 6.29. The summed E-state index contributed by atoms with van der Waals surface area (Å²) >= 11 is 3.32. The Morgan fingerprint density at radius 3 is 1.96 bits per heavy atom. The van der Waals surface area contributed by atoms with Crippen LogP contribution >= 0.6 is 15.9 Å². The van der Waals surface area contributed by atoms with Gasteiger partial charge in [-0.3, -0.25) is 33.6 Å². The van der Waals surface area contributed by atoms with Crippen molar-refractivity contribution >= 4 is 63.2 Å². The molecule has 1 fully saturated rings. The number of carbonyl (C=O) groups is 8. The van der Waals surface area contributed by atoms with Crippen LogP contribution in [-0.4, -0.2) is 88.7 Å². The molecule has 56 heavy (non-hydrogen) atoms. The fraction of sp³-hybridized carbons (Fsp3) is 0.579. The lowest BCUT2D eigenvalue weighted by Gasteiger charge is -2.31. The van der Waals surface area contributed by atoms with Gasteiger partial charge in [0.2, 0.25) is 41.4 Å². The number of unbranched alkanes of at least 4 members (excludes halogenated alkanes) is 4. The second-order valence-electron chi connectivity index (χ2n) is 14.7. The van der Waals surface area contributed by atoms with E-state index in [2.05, 4.69) is 42.5 Å². The first-order valence-corrected chi connectivity index (χ1v) is 19.5. The standard InChI is InChI=1S/C38H56BrN7O10/c1-20(2)16-27-38(55)56-22(5)33(45-31(50)13-11-9-7-6-8-10-12-23-14-15-28(47)24(39)17-23)37(54)46-32(21(3)4)36(53)43-26(19-30(41)49)34(51)42-25(18-29(40)48)35(52)44-27/h11,13-15,17,20-22,25-27,32-33,47H,6-10,12,16,18-19H2,1-5H3,(H2,40,48)(H2,41,49)(H,42,51)(H,43,53)(H,44,52)(H,45,50)(H,46,54)/b13-11+/t22-,25+,26+,27+,32+,33+/m1/s1. The van der Waals surface area contributed by atoms with E-state index in [9.17, 15) is 43.5 Å². The Morgan fingerprint density at radius 1 is 0.839 bits per heavy atom. The summed E-state index contributed by atoms with van der Waals surface area (Å²) in [6.45, 7) is 8.11. The molecule has 0 radical (unpaired) electrons. The molecule has 1 heterocycles. The number of phenols is 1. The Hall–Kier alpha value is -5.00. The van der Waals surface area contributed by atoms with Crippen LogP contribution in [-0.2, 0) is 49.5 Å². The maximum absolute atomic E-state index is 13.8. The van der Waals surface area contributed by atoms with Crippen LogP contribution in [0.2, 0.25) is 0 Å². The predicted octanol–water partition coefficient (Wildman–Crippen LogP) is 1.03. The largest absolute Gasteiger partial charge is 0.507 e. The molecule has 0 spiro atoms. The first-order valence-electron chi connectivity index (χ1n) is 18.7. The monoisotopic (exact) mass is 849 g/mol. The highest BCUT2D eigenvalue weighted by atomic mass is 79.9. The van der Waals surface area contributed by atoms with E-state index < -0.39 is 102 Å². The molecule has 2 rings (SSSR count). The molecule has 310 valence electrons. The van der Waals surface area contributed by atoms with Crippen molar-refractivity contribution in [2.45, 2.75) is 129 Å². The summed E-state index contributed by atoms with van der Waals surface area (Å²) in [7, 11) is 0. The minimum absolute atomic E-state index is 0.0465. The van der Waals surface area contributed by atoms with E-state index in [4.69, 9.17) is 16.2 Å². The number of benzene rings is 1. The molecule has 0 aromatic heterocycles. The molecule has 0 unspecified atom stereocenters. The topological polar surface area (TPSA) is 278 Å². The molecule has 1 aromatic rings. The van der Waals surface area contributed by atoms with Crippen molar-refractivity contribution in [3.8, 4) is 5.75 Å². The quantitative estimate of drug-likeness (QED) is 0.0665. The Labute approximate surface area is 335 Å². The minimum atomic E-state index is -1.63. The van der Waals surface area contributed by atoms with Crippen LogP contribution < -0.4 is 38.1 Å². The zero-order valence-corrected chi connectivity index (χ0v) is 34.1. The maximum atomic E-state index is 13.8. The number of phenolic OH excluding ortho intramolecular Hbond substituents is 1. The van der Waals surface area contributed by atoms with Crippen LogP contribution in [0, 0.1) is 11.8 Å². The van der Waals surface area contributed by atoms with E-state index in [-0.39, 0.29) is 18.1 Å². The number of allylic oxidation sites excluding steroid dienone is 1. The zero-order valence-electron chi connectivity index (χ0n) is 32.5. The van der Waals surface area contributed by atoms with Gasteiger partial charge in [0.15, 0.2) is 0 Å². The summed E-state index contributed by atoms with van der Waals surface area (Å²) in [5.41, 5.74) is 11.8. The Balaban J connectivity index is 2.31. The smallest absolute Gasteiger partial charge is 0.328 e. The molecular formula is C38H56BrN7O10. The minimum Gasteiger partial charge on any atom is -0.507 e. The summed E-state index contributed by atoms with van der Waals surface area (Å²) in [6, 6.07) is -2.02. The van der Waals surface area contributed by atoms with Crippen LogP contribution in [0.5, 0.6) is 5.75 Å².